The molecule has 0 unspecified atom stereocenters. The lowest BCUT2D eigenvalue weighted by Crippen LogP contribution is -2.27. The number of carbonyl (C=O) groups is 1. The van der Waals surface area contributed by atoms with Crippen molar-refractivity contribution in [2.45, 2.75) is 20.3 Å². The molecule has 110 valence electrons. The number of carbonyl (C=O) groups excluding carboxylic acids is 1. The summed E-state index contributed by atoms with van der Waals surface area (Å²) in [5, 5.41) is 0. The van der Waals surface area contributed by atoms with Gasteiger partial charge in [-0.1, -0.05) is 37.3 Å². The lowest BCUT2D eigenvalue weighted by molar-refractivity contribution is 0.0995. The molecular weight excluding hydrogens is 264 g/mol. The summed E-state index contributed by atoms with van der Waals surface area (Å²) in [5.41, 5.74) is 7.29. The summed E-state index contributed by atoms with van der Waals surface area (Å²) in [7, 11) is 0. The van der Waals surface area contributed by atoms with E-state index in [1.807, 2.05) is 42.2 Å². The number of primary amides is 1. The van der Waals surface area contributed by atoms with Crippen molar-refractivity contribution in [2.24, 2.45) is 5.73 Å². The highest BCUT2D eigenvalue weighted by Crippen LogP contribution is 2.20. The lowest BCUT2D eigenvalue weighted by Gasteiger charge is -2.21. The minimum atomic E-state index is -0.539. The first-order chi connectivity index (χ1) is 10.2. The molecule has 0 aliphatic carbocycles. The molecular formula is C16H20N4O. The number of anilines is 1. The Morgan fingerprint density at radius 1 is 1.19 bits per heavy atom. The molecule has 1 aromatic carbocycles. The number of hydrogen-bond acceptors (Lipinski definition) is 4. The maximum atomic E-state index is 11.5. The average Bonchev–Trinajstić information content (AvgIpc) is 2.53. The highest BCUT2D eigenvalue weighted by molar-refractivity contribution is 5.92. The van der Waals surface area contributed by atoms with Crippen LogP contribution < -0.4 is 10.6 Å². The monoisotopic (exact) mass is 284 g/mol. The van der Waals surface area contributed by atoms with Crippen molar-refractivity contribution < 1.29 is 4.79 Å². The largest absolute Gasteiger partial charge is 0.364 e. The van der Waals surface area contributed by atoms with E-state index in [0.29, 0.717) is 11.6 Å². The Bertz CT molecular complexity index is 613. The van der Waals surface area contributed by atoms with E-state index in [2.05, 4.69) is 16.9 Å². The molecule has 0 spiro atoms. The lowest BCUT2D eigenvalue weighted by atomic mass is 10.1. The van der Waals surface area contributed by atoms with E-state index in [4.69, 9.17) is 5.73 Å². The molecule has 0 saturated heterocycles. The summed E-state index contributed by atoms with van der Waals surface area (Å²) in [6.07, 6.45) is 0.985. The predicted octanol–water partition coefficient (Wildman–Crippen LogP) is 2.48. The summed E-state index contributed by atoms with van der Waals surface area (Å²) in [6.45, 7) is 5.76. The Morgan fingerprint density at radius 3 is 2.48 bits per heavy atom. The van der Waals surface area contributed by atoms with E-state index in [0.717, 1.165) is 25.1 Å². The van der Waals surface area contributed by atoms with Crippen molar-refractivity contribution in [1.29, 1.82) is 0 Å². The van der Waals surface area contributed by atoms with Gasteiger partial charge in [-0.2, -0.15) is 0 Å². The molecule has 0 bridgehead atoms. The number of nitrogens with zero attached hydrogens (tertiary/aromatic N) is 3. The molecule has 5 nitrogen and oxygen atoms in total. The van der Waals surface area contributed by atoms with Crippen LogP contribution in [0, 0.1) is 0 Å². The molecule has 0 atom stereocenters. The first-order valence-electron chi connectivity index (χ1n) is 7.15. The van der Waals surface area contributed by atoms with Crippen molar-refractivity contribution in [2.75, 3.05) is 18.0 Å². The van der Waals surface area contributed by atoms with Crippen LogP contribution in [0.15, 0.2) is 36.4 Å². The number of aromatic nitrogens is 2. The Labute approximate surface area is 124 Å². The van der Waals surface area contributed by atoms with Gasteiger partial charge in [0.25, 0.3) is 5.91 Å². The van der Waals surface area contributed by atoms with E-state index in [1.54, 1.807) is 6.07 Å². The first-order valence-corrected chi connectivity index (χ1v) is 7.15. The van der Waals surface area contributed by atoms with E-state index in [9.17, 15) is 4.79 Å². The van der Waals surface area contributed by atoms with Crippen LogP contribution in [0.4, 0.5) is 5.95 Å². The van der Waals surface area contributed by atoms with Crippen LogP contribution in [-0.4, -0.2) is 29.0 Å². The smallest absolute Gasteiger partial charge is 0.267 e. The van der Waals surface area contributed by atoms with Gasteiger partial charge in [-0.25, -0.2) is 9.97 Å². The first kappa shape index (κ1) is 15.0. The summed E-state index contributed by atoms with van der Waals surface area (Å²) in [4.78, 5) is 22.4. The molecule has 0 aliphatic heterocycles. The Hall–Kier alpha value is -2.43. The van der Waals surface area contributed by atoms with Crippen LogP contribution in [0.1, 0.15) is 30.8 Å². The Balaban J connectivity index is 2.51. The van der Waals surface area contributed by atoms with E-state index in [-0.39, 0.29) is 5.69 Å². The number of nitrogens with two attached hydrogens (primary N) is 1. The average molecular weight is 284 g/mol. The second-order valence-corrected chi connectivity index (χ2v) is 4.75. The maximum Gasteiger partial charge on any atom is 0.267 e. The highest BCUT2D eigenvalue weighted by Gasteiger charge is 2.14. The standard InChI is InChI=1S/C16H20N4O/c1-3-10-20(4-2)16-18-13(11-14(19-16)15(17)21)12-8-6-5-7-9-12/h5-9,11H,3-4,10H2,1-2H3,(H2,17,21). The molecule has 0 aliphatic rings. The third kappa shape index (κ3) is 3.56. The maximum absolute atomic E-state index is 11.5. The summed E-state index contributed by atoms with van der Waals surface area (Å²) in [6, 6.07) is 11.4. The zero-order valence-electron chi connectivity index (χ0n) is 12.4. The van der Waals surface area contributed by atoms with E-state index in [1.165, 1.54) is 0 Å². The minimum Gasteiger partial charge on any atom is -0.364 e. The Morgan fingerprint density at radius 2 is 1.90 bits per heavy atom. The van der Waals surface area contributed by atoms with Crippen molar-refractivity contribution >= 4 is 11.9 Å². The van der Waals surface area contributed by atoms with E-state index < -0.39 is 5.91 Å². The van der Waals surface area contributed by atoms with Gasteiger partial charge in [0.15, 0.2) is 0 Å². The fraction of sp³-hybridized carbons (Fsp3) is 0.312. The highest BCUT2D eigenvalue weighted by atomic mass is 16.1. The normalized spacial score (nSPS) is 10.4. The van der Waals surface area contributed by atoms with Gasteiger partial charge < -0.3 is 10.6 Å². The summed E-state index contributed by atoms with van der Waals surface area (Å²) < 4.78 is 0. The van der Waals surface area contributed by atoms with Gasteiger partial charge in [0.2, 0.25) is 5.95 Å². The van der Waals surface area contributed by atoms with Crippen LogP contribution >= 0.6 is 0 Å². The zero-order valence-corrected chi connectivity index (χ0v) is 12.4. The molecule has 0 radical (unpaired) electrons. The number of benzene rings is 1. The van der Waals surface area contributed by atoms with Crippen LogP contribution in [0.3, 0.4) is 0 Å². The zero-order chi connectivity index (χ0) is 15.2. The summed E-state index contributed by atoms with van der Waals surface area (Å²) in [5.74, 6) is 0.0119. The van der Waals surface area contributed by atoms with Gasteiger partial charge in [0, 0.05) is 18.7 Å². The molecule has 2 rings (SSSR count). The second-order valence-electron chi connectivity index (χ2n) is 4.75. The quantitative estimate of drug-likeness (QED) is 0.884. The van der Waals surface area contributed by atoms with Gasteiger partial charge in [-0.05, 0) is 19.4 Å². The van der Waals surface area contributed by atoms with Crippen LogP contribution in [-0.2, 0) is 0 Å². The number of hydrogen-bond donors (Lipinski definition) is 1. The van der Waals surface area contributed by atoms with Gasteiger partial charge >= 0.3 is 0 Å². The number of rotatable bonds is 6. The predicted molar refractivity (Wildman–Crippen MR) is 84.2 cm³/mol. The molecule has 0 fully saturated rings. The molecule has 1 amide bonds. The van der Waals surface area contributed by atoms with Crippen LogP contribution in [0.25, 0.3) is 11.3 Å². The number of amides is 1. The topological polar surface area (TPSA) is 72.1 Å². The third-order valence-corrected chi connectivity index (χ3v) is 3.19. The molecule has 21 heavy (non-hydrogen) atoms. The molecule has 5 heteroatoms. The SMILES string of the molecule is CCCN(CC)c1nc(C(N)=O)cc(-c2ccccc2)n1. The van der Waals surface area contributed by atoms with E-state index >= 15 is 0 Å². The van der Waals surface area contributed by atoms with Crippen LogP contribution in [0.2, 0.25) is 0 Å². The van der Waals surface area contributed by atoms with Crippen molar-refractivity contribution in [1.82, 2.24) is 9.97 Å². The fourth-order valence-electron chi connectivity index (χ4n) is 2.13. The molecule has 2 aromatic rings. The van der Waals surface area contributed by atoms with Gasteiger partial charge in [-0.3, -0.25) is 4.79 Å². The molecule has 0 saturated carbocycles. The second kappa shape index (κ2) is 6.83. The third-order valence-electron chi connectivity index (χ3n) is 3.19. The molecule has 1 heterocycles. The van der Waals surface area contributed by atoms with Crippen molar-refractivity contribution in [3.8, 4) is 11.3 Å². The molecule has 1 aromatic heterocycles. The van der Waals surface area contributed by atoms with Gasteiger partial charge in [0.1, 0.15) is 5.69 Å². The van der Waals surface area contributed by atoms with Crippen molar-refractivity contribution in [3.63, 3.8) is 0 Å². The van der Waals surface area contributed by atoms with Gasteiger partial charge in [0.05, 0.1) is 5.69 Å². The van der Waals surface area contributed by atoms with Crippen LogP contribution in [0.5, 0.6) is 0 Å². The summed E-state index contributed by atoms with van der Waals surface area (Å²) >= 11 is 0. The minimum absolute atomic E-state index is 0.244. The molecule has 2 N–H and O–H groups in total. The Kier molecular flexibility index (Phi) is 4.87. The van der Waals surface area contributed by atoms with Gasteiger partial charge in [-0.15, -0.1) is 0 Å². The fourth-order valence-corrected chi connectivity index (χ4v) is 2.13. The van der Waals surface area contributed by atoms with Crippen molar-refractivity contribution in [3.05, 3.63) is 42.1 Å².